The highest BCUT2D eigenvalue weighted by Crippen LogP contribution is 2.20. The van der Waals surface area contributed by atoms with E-state index in [9.17, 15) is 0 Å². The maximum absolute atomic E-state index is 3.70. The van der Waals surface area contributed by atoms with Gasteiger partial charge in [-0.15, -0.1) is 11.3 Å². The minimum atomic E-state index is 0.652. The Morgan fingerprint density at radius 3 is 2.38 bits per heavy atom. The predicted octanol–water partition coefficient (Wildman–Crippen LogP) is 2.73. The number of aryl methyl sites for hydroxylation is 2. The molecule has 1 aliphatic heterocycles. The molecule has 21 heavy (non-hydrogen) atoms. The van der Waals surface area contributed by atoms with E-state index < -0.39 is 0 Å². The van der Waals surface area contributed by atoms with Gasteiger partial charge in [-0.05, 0) is 38.4 Å². The lowest BCUT2D eigenvalue weighted by atomic mass is 10.0. The SMILES string of the molecule is Cc1cc(CNCC(C(C)C)N2CCN(C)CC2)c(C)s1. The summed E-state index contributed by atoms with van der Waals surface area (Å²) in [6.07, 6.45) is 0. The molecule has 0 spiro atoms. The maximum atomic E-state index is 3.70. The molecule has 0 bridgehead atoms. The molecule has 4 heteroatoms. The molecule has 1 aliphatic rings. The van der Waals surface area contributed by atoms with Gasteiger partial charge in [0.05, 0.1) is 0 Å². The third-order valence-electron chi connectivity index (χ3n) is 4.59. The third kappa shape index (κ3) is 4.78. The number of likely N-dealkylation sites (N-methyl/N-ethyl adjacent to an activating group) is 1. The molecule has 0 radical (unpaired) electrons. The number of nitrogens with zero attached hydrogens (tertiary/aromatic N) is 2. The van der Waals surface area contributed by atoms with Gasteiger partial charge in [-0.25, -0.2) is 0 Å². The highest BCUT2D eigenvalue weighted by Gasteiger charge is 2.24. The van der Waals surface area contributed by atoms with Gasteiger partial charge < -0.3 is 10.2 Å². The van der Waals surface area contributed by atoms with Crippen LogP contribution < -0.4 is 5.32 Å². The summed E-state index contributed by atoms with van der Waals surface area (Å²) in [6, 6.07) is 2.98. The maximum Gasteiger partial charge on any atom is 0.0244 e. The molecule has 2 rings (SSSR count). The van der Waals surface area contributed by atoms with Crippen molar-refractivity contribution in [1.82, 2.24) is 15.1 Å². The average molecular weight is 310 g/mol. The summed E-state index contributed by atoms with van der Waals surface area (Å²) in [4.78, 5) is 7.98. The normalized spacial score (nSPS) is 19.3. The van der Waals surface area contributed by atoms with Gasteiger partial charge in [0.1, 0.15) is 0 Å². The molecular formula is C17H31N3S. The smallest absolute Gasteiger partial charge is 0.0244 e. The molecule has 1 aromatic heterocycles. The molecule has 2 heterocycles. The first kappa shape index (κ1) is 16.9. The first-order valence-corrected chi connectivity index (χ1v) is 8.98. The molecule has 1 N–H and O–H groups in total. The van der Waals surface area contributed by atoms with Gasteiger partial charge in [-0.3, -0.25) is 4.90 Å². The molecule has 0 amide bonds. The van der Waals surface area contributed by atoms with Crippen LogP contribution in [0.15, 0.2) is 6.07 Å². The minimum Gasteiger partial charge on any atom is -0.311 e. The Morgan fingerprint density at radius 2 is 1.86 bits per heavy atom. The van der Waals surface area contributed by atoms with Crippen LogP contribution in [0.3, 0.4) is 0 Å². The second kappa shape index (κ2) is 7.73. The van der Waals surface area contributed by atoms with E-state index in [1.165, 1.54) is 41.5 Å². The fourth-order valence-electron chi connectivity index (χ4n) is 3.15. The van der Waals surface area contributed by atoms with E-state index in [2.05, 4.69) is 55.9 Å². The molecule has 1 saturated heterocycles. The van der Waals surface area contributed by atoms with Crippen molar-refractivity contribution in [1.29, 1.82) is 0 Å². The van der Waals surface area contributed by atoms with Crippen molar-refractivity contribution >= 4 is 11.3 Å². The van der Waals surface area contributed by atoms with Crippen molar-refractivity contribution in [3.8, 4) is 0 Å². The van der Waals surface area contributed by atoms with E-state index in [0.717, 1.165) is 13.1 Å². The summed E-state index contributed by atoms with van der Waals surface area (Å²) >= 11 is 1.91. The van der Waals surface area contributed by atoms with Gasteiger partial charge in [0.15, 0.2) is 0 Å². The largest absolute Gasteiger partial charge is 0.311 e. The summed E-state index contributed by atoms with van der Waals surface area (Å²) in [5, 5.41) is 3.70. The zero-order valence-corrected chi connectivity index (χ0v) is 15.1. The summed E-state index contributed by atoms with van der Waals surface area (Å²) in [7, 11) is 2.22. The summed E-state index contributed by atoms with van der Waals surface area (Å²) in [6.45, 7) is 16.0. The van der Waals surface area contributed by atoms with E-state index in [1.807, 2.05) is 11.3 Å². The zero-order chi connectivity index (χ0) is 15.4. The van der Waals surface area contributed by atoms with Gasteiger partial charge in [0.2, 0.25) is 0 Å². The highest BCUT2D eigenvalue weighted by molar-refractivity contribution is 7.12. The molecule has 1 aromatic rings. The van der Waals surface area contributed by atoms with Gasteiger partial charge >= 0.3 is 0 Å². The van der Waals surface area contributed by atoms with Crippen LogP contribution in [0.4, 0.5) is 0 Å². The van der Waals surface area contributed by atoms with Crippen LogP contribution in [0, 0.1) is 19.8 Å². The Kier molecular flexibility index (Phi) is 6.23. The van der Waals surface area contributed by atoms with Crippen LogP contribution in [0.5, 0.6) is 0 Å². The molecule has 0 aliphatic carbocycles. The Hall–Kier alpha value is -0.420. The van der Waals surface area contributed by atoms with Gasteiger partial charge in [0.25, 0.3) is 0 Å². The van der Waals surface area contributed by atoms with Crippen LogP contribution in [-0.2, 0) is 6.54 Å². The second-order valence-electron chi connectivity index (χ2n) is 6.72. The third-order valence-corrected chi connectivity index (χ3v) is 5.60. The van der Waals surface area contributed by atoms with Crippen molar-refractivity contribution in [2.45, 2.75) is 40.3 Å². The molecular weight excluding hydrogens is 278 g/mol. The van der Waals surface area contributed by atoms with Crippen LogP contribution in [0.1, 0.15) is 29.2 Å². The quantitative estimate of drug-likeness (QED) is 0.872. The molecule has 1 fully saturated rings. The lowest BCUT2D eigenvalue weighted by Gasteiger charge is -2.40. The number of piperazine rings is 1. The van der Waals surface area contributed by atoms with Crippen LogP contribution in [0.25, 0.3) is 0 Å². The molecule has 120 valence electrons. The summed E-state index contributed by atoms with van der Waals surface area (Å²) < 4.78 is 0. The van der Waals surface area contributed by atoms with Crippen molar-refractivity contribution in [3.63, 3.8) is 0 Å². The van der Waals surface area contributed by atoms with E-state index in [1.54, 1.807) is 0 Å². The lowest BCUT2D eigenvalue weighted by molar-refractivity contribution is 0.0875. The fourth-order valence-corrected chi connectivity index (χ4v) is 4.10. The minimum absolute atomic E-state index is 0.652. The monoisotopic (exact) mass is 309 g/mol. The molecule has 1 unspecified atom stereocenters. The average Bonchev–Trinajstić information content (AvgIpc) is 2.74. The molecule has 0 saturated carbocycles. The molecule has 1 atom stereocenters. The second-order valence-corrected chi connectivity index (χ2v) is 8.18. The fraction of sp³-hybridized carbons (Fsp3) is 0.765. The summed E-state index contributed by atoms with van der Waals surface area (Å²) in [5.41, 5.74) is 1.47. The number of thiophene rings is 1. The number of hydrogen-bond donors (Lipinski definition) is 1. The van der Waals surface area contributed by atoms with Gasteiger partial charge in [-0.2, -0.15) is 0 Å². The van der Waals surface area contributed by atoms with Crippen molar-refractivity contribution in [3.05, 3.63) is 21.4 Å². The first-order chi connectivity index (χ1) is 9.97. The molecule has 3 nitrogen and oxygen atoms in total. The summed E-state index contributed by atoms with van der Waals surface area (Å²) in [5.74, 6) is 0.700. The van der Waals surface area contributed by atoms with Crippen molar-refractivity contribution in [2.75, 3.05) is 39.8 Å². The Morgan fingerprint density at radius 1 is 1.19 bits per heavy atom. The predicted molar refractivity (Wildman–Crippen MR) is 93.2 cm³/mol. The zero-order valence-electron chi connectivity index (χ0n) is 14.3. The van der Waals surface area contributed by atoms with Crippen LogP contribution >= 0.6 is 11.3 Å². The van der Waals surface area contributed by atoms with E-state index in [4.69, 9.17) is 0 Å². The van der Waals surface area contributed by atoms with Crippen LogP contribution in [0.2, 0.25) is 0 Å². The van der Waals surface area contributed by atoms with Crippen LogP contribution in [-0.4, -0.2) is 55.6 Å². The highest BCUT2D eigenvalue weighted by atomic mass is 32.1. The number of hydrogen-bond acceptors (Lipinski definition) is 4. The van der Waals surface area contributed by atoms with Gasteiger partial charge in [-0.1, -0.05) is 13.8 Å². The lowest BCUT2D eigenvalue weighted by Crippen LogP contribution is -2.53. The topological polar surface area (TPSA) is 18.5 Å². The van der Waals surface area contributed by atoms with E-state index >= 15 is 0 Å². The standard InChI is InChI=1S/C17H31N3S/c1-13(2)17(20-8-6-19(5)7-9-20)12-18-11-16-10-14(3)21-15(16)4/h10,13,17-18H,6-9,11-12H2,1-5H3. The van der Waals surface area contributed by atoms with E-state index in [-0.39, 0.29) is 0 Å². The Balaban J connectivity index is 1.84. The van der Waals surface area contributed by atoms with Gasteiger partial charge in [0, 0.05) is 55.1 Å². The van der Waals surface area contributed by atoms with Crippen molar-refractivity contribution in [2.24, 2.45) is 5.92 Å². The number of nitrogens with one attached hydrogen (secondary N) is 1. The first-order valence-electron chi connectivity index (χ1n) is 8.16. The Bertz CT molecular complexity index is 433. The number of rotatable bonds is 6. The Labute approximate surface area is 134 Å². The van der Waals surface area contributed by atoms with Crippen molar-refractivity contribution < 1.29 is 0 Å². The van der Waals surface area contributed by atoms with E-state index in [0.29, 0.717) is 12.0 Å². The molecule has 0 aromatic carbocycles.